The minimum Gasteiger partial charge on any atom is -0.367 e. The van der Waals surface area contributed by atoms with Gasteiger partial charge in [-0.25, -0.2) is 8.42 Å². The number of halogens is 1. The Bertz CT molecular complexity index is 907. The highest BCUT2D eigenvalue weighted by atomic mass is 35.5. The first-order valence-electron chi connectivity index (χ1n) is 8.54. The van der Waals surface area contributed by atoms with E-state index >= 15 is 0 Å². The molecule has 5 nitrogen and oxygen atoms in total. The smallest absolute Gasteiger partial charge is 0.255 e. The van der Waals surface area contributed by atoms with Crippen LogP contribution in [0.2, 0.25) is 5.02 Å². The lowest BCUT2D eigenvalue weighted by Crippen LogP contribution is -2.49. The Labute approximate surface area is 159 Å². The third-order valence-electron chi connectivity index (χ3n) is 4.59. The molecule has 1 amide bonds. The fourth-order valence-corrected chi connectivity index (χ4v) is 4.44. The van der Waals surface area contributed by atoms with E-state index in [0.29, 0.717) is 31.2 Å². The Kier molecular flexibility index (Phi) is 5.53. The van der Waals surface area contributed by atoms with E-state index in [-0.39, 0.29) is 22.1 Å². The van der Waals surface area contributed by atoms with Crippen molar-refractivity contribution in [3.05, 3.63) is 59.1 Å². The SMILES string of the molecule is CCS(=O)(=O)c1ccccc1C(=O)N1CCN(c2ccccc2Cl)CC1. The van der Waals surface area contributed by atoms with Gasteiger partial charge in [-0.05, 0) is 24.3 Å². The van der Waals surface area contributed by atoms with Crippen molar-refractivity contribution in [2.75, 3.05) is 36.8 Å². The van der Waals surface area contributed by atoms with Gasteiger partial charge in [0.25, 0.3) is 5.91 Å². The number of benzene rings is 2. The van der Waals surface area contributed by atoms with Crippen LogP contribution in [0.25, 0.3) is 0 Å². The molecule has 2 aromatic rings. The molecule has 1 aliphatic heterocycles. The lowest BCUT2D eigenvalue weighted by atomic mass is 10.1. The van der Waals surface area contributed by atoms with Crippen molar-refractivity contribution in [3.8, 4) is 0 Å². The van der Waals surface area contributed by atoms with Crippen molar-refractivity contribution in [2.24, 2.45) is 0 Å². The van der Waals surface area contributed by atoms with Gasteiger partial charge in [-0.1, -0.05) is 42.8 Å². The van der Waals surface area contributed by atoms with Crippen molar-refractivity contribution in [3.63, 3.8) is 0 Å². The molecule has 1 fully saturated rings. The van der Waals surface area contributed by atoms with Gasteiger partial charge in [0.2, 0.25) is 0 Å². The van der Waals surface area contributed by atoms with Gasteiger partial charge in [-0.3, -0.25) is 4.79 Å². The second-order valence-corrected chi connectivity index (χ2v) is 8.78. The fraction of sp³-hybridized carbons (Fsp3) is 0.316. The molecule has 0 saturated carbocycles. The number of piperazine rings is 1. The number of para-hydroxylation sites is 1. The lowest BCUT2D eigenvalue weighted by molar-refractivity contribution is 0.0743. The first kappa shape index (κ1) is 18.7. The molecular formula is C19H21ClN2O3S. The molecule has 2 aromatic carbocycles. The van der Waals surface area contributed by atoms with Crippen molar-refractivity contribution < 1.29 is 13.2 Å². The van der Waals surface area contributed by atoms with Crippen LogP contribution >= 0.6 is 11.6 Å². The zero-order valence-electron chi connectivity index (χ0n) is 14.6. The quantitative estimate of drug-likeness (QED) is 0.802. The van der Waals surface area contributed by atoms with Crippen molar-refractivity contribution in [2.45, 2.75) is 11.8 Å². The molecule has 0 radical (unpaired) electrons. The molecule has 1 saturated heterocycles. The van der Waals surface area contributed by atoms with Gasteiger partial charge in [0, 0.05) is 26.2 Å². The molecule has 0 aromatic heterocycles. The second-order valence-electron chi connectivity index (χ2n) is 6.13. The number of carbonyl (C=O) groups excluding carboxylic acids is 1. The fourth-order valence-electron chi connectivity index (χ4n) is 3.10. The highest BCUT2D eigenvalue weighted by Crippen LogP contribution is 2.27. The van der Waals surface area contributed by atoms with Crippen LogP contribution in [0.4, 0.5) is 5.69 Å². The number of anilines is 1. The molecule has 0 aliphatic carbocycles. The van der Waals surface area contributed by atoms with Crippen LogP contribution in [0, 0.1) is 0 Å². The van der Waals surface area contributed by atoms with Crippen molar-refractivity contribution in [1.29, 1.82) is 0 Å². The van der Waals surface area contributed by atoms with Gasteiger partial charge in [0.05, 0.1) is 26.9 Å². The maximum atomic E-state index is 12.9. The number of amides is 1. The number of carbonyl (C=O) groups is 1. The van der Waals surface area contributed by atoms with Crippen LogP contribution < -0.4 is 4.90 Å². The van der Waals surface area contributed by atoms with Gasteiger partial charge in [-0.15, -0.1) is 0 Å². The van der Waals surface area contributed by atoms with Crippen molar-refractivity contribution >= 4 is 33.0 Å². The van der Waals surface area contributed by atoms with Gasteiger partial charge < -0.3 is 9.80 Å². The zero-order chi connectivity index (χ0) is 18.7. The maximum Gasteiger partial charge on any atom is 0.255 e. The van der Waals surface area contributed by atoms with Gasteiger partial charge >= 0.3 is 0 Å². The maximum absolute atomic E-state index is 12.9. The van der Waals surface area contributed by atoms with E-state index in [1.54, 1.807) is 30.0 Å². The molecule has 0 N–H and O–H groups in total. The van der Waals surface area contributed by atoms with Crippen molar-refractivity contribution in [1.82, 2.24) is 4.90 Å². The number of rotatable bonds is 4. The summed E-state index contributed by atoms with van der Waals surface area (Å²) in [5.41, 5.74) is 1.20. The molecule has 0 unspecified atom stereocenters. The number of hydrogen-bond donors (Lipinski definition) is 0. The summed E-state index contributed by atoms with van der Waals surface area (Å²) in [6.45, 7) is 3.92. The van der Waals surface area contributed by atoms with Crippen LogP contribution in [-0.2, 0) is 9.84 Å². The predicted octanol–water partition coefficient (Wildman–Crippen LogP) is 3.10. The number of sulfone groups is 1. The molecule has 0 spiro atoms. The van der Waals surface area contributed by atoms with Gasteiger partial charge in [0.1, 0.15) is 0 Å². The largest absolute Gasteiger partial charge is 0.367 e. The van der Waals surface area contributed by atoms with Crippen LogP contribution in [0.15, 0.2) is 53.4 Å². The average Bonchev–Trinajstić information content (AvgIpc) is 2.68. The van der Waals surface area contributed by atoms with Crippen LogP contribution in [-0.4, -0.2) is 51.2 Å². The van der Waals surface area contributed by atoms with E-state index in [1.165, 1.54) is 6.07 Å². The van der Waals surface area contributed by atoms with E-state index in [1.807, 2.05) is 24.3 Å². The minimum atomic E-state index is -3.45. The molecule has 26 heavy (non-hydrogen) atoms. The Balaban J connectivity index is 1.77. The number of nitrogens with zero attached hydrogens (tertiary/aromatic N) is 2. The first-order valence-corrected chi connectivity index (χ1v) is 10.6. The molecule has 138 valence electrons. The molecule has 7 heteroatoms. The molecular weight excluding hydrogens is 372 g/mol. The van der Waals surface area contributed by atoms with Crippen LogP contribution in [0.3, 0.4) is 0 Å². The molecule has 0 atom stereocenters. The van der Waals surface area contributed by atoms with E-state index in [4.69, 9.17) is 11.6 Å². The van der Waals surface area contributed by atoms with E-state index in [9.17, 15) is 13.2 Å². The predicted molar refractivity (Wildman–Crippen MR) is 104 cm³/mol. The first-order chi connectivity index (χ1) is 12.4. The topological polar surface area (TPSA) is 57.7 Å². The van der Waals surface area contributed by atoms with E-state index in [0.717, 1.165) is 5.69 Å². The monoisotopic (exact) mass is 392 g/mol. The summed E-state index contributed by atoms with van der Waals surface area (Å²) in [5, 5.41) is 0.687. The second kappa shape index (κ2) is 7.68. The summed E-state index contributed by atoms with van der Waals surface area (Å²) < 4.78 is 24.6. The third kappa shape index (κ3) is 3.71. The summed E-state index contributed by atoms with van der Waals surface area (Å²) in [4.78, 5) is 16.9. The molecule has 1 heterocycles. The normalized spacial score (nSPS) is 15.2. The zero-order valence-corrected chi connectivity index (χ0v) is 16.1. The Hall–Kier alpha value is -2.05. The lowest BCUT2D eigenvalue weighted by Gasteiger charge is -2.36. The summed E-state index contributed by atoms with van der Waals surface area (Å²) in [5.74, 6) is -0.270. The van der Waals surface area contributed by atoms with E-state index in [2.05, 4.69) is 4.90 Å². The molecule has 3 rings (SSSR count). The standard InChI is InChI=1S/C19H21ClN2O3S/c1-2-26(24,25)18-10-6-3-7-15(18)19(23)22-13-11-21(12-14-22)17-9-5-4-8-16(17)20/h3-10H,2,11-14H2,1H3. The summed E-state index contributed by atoms with van der Waals surface area (Å²) in [6.07, 6.45) is 0. The summed E-state index contributed by atoms with van der Waals surface area (Å²) >= 11 is 6.25. The Morgan fingerprint density at radius 1 is 1.00 bits per heavy atom. The minimum absolute atomic E-state index is 0.0302. The summed E-state index contributed by atoms with van der Waals surface area (Å²) in [6, 6.07) is 14.1. The van der Waals surface area contributed by atoms with Gasteiger partial charge in [-0.2, -0.15) is 0 Å². The Morgan fingerprint density at radius 3 is 2.27 bits per heavy atom. The van der Waals surface area contributed by atoms with Crippen LogP contribution in [0.1, 0.15) is 17.3 Å². The number of hydrogen-bond acceptors (Lipinski definition) is 4. The van der Waals surface area contributed by atoms with Crippen LogP contribution in [0.5, 0.6) is 0 Å². The Morgan fingerprint density at radius 2 is 1.62 bits per heavy atom. The highest BCUT2D eigenvalue weighted by molar-refractivity contribution is 7.91. The molecule has 1 aliphatic rings. The summed E-state index contributed by atoms with van der Waals surface area (Å²) in [7, 11) is -3.45. The van der Waals surface area contributed by atoms with E-state index < -0.39 is 9.84 Å². The third-order valence-corrected chi connectivity index (χ3v) is 6.70. The average molecular weight is 393 g/mol. The highest BCUT2D eigenvalue weighted by Gasteiger charge is 2.27. The molecule has 0 bridgehead atoms. The van der Waals surface area contributed by atoms with Gasteiger partial charge in [0.15, 0.2) is 9.84 Å².